The van der Waals surface area contributed by atoms with E-state index in [1.807, 2.05) is 31.2 Å². The standard InChI is InChI=1S/C23H27NO5/c1-14(10-20(24)21(25)12-22(26)27)11-23(28)29-13-19-17-8-4-2-6-15(17)16-7-3-5-9-18(16)19/h2-9,14,19-21,25H,10-13,24H2,1H3,(H,26,27)/t14-,20+,21-/m0/s1. The Morgan fingerprint density at radius 2 is 1.59 bits per heavy atom. The van der Waals surface area contributed by atoms with Crippen LogP contribution in [0.15, 0.2) is 48.5 Å². The SMILES string of the molecule is C[C@H](CC(=O)OCC1c2ccccc2-c2ccccc21)C[C@@H](N)[C@@H](O)CC(=O)O. The quantitative estimate of drug-likeness (QED) is 0.561. The molecule has 1 aliphatic rings. The summed E-state index contributed by atoms with van der Waals surface area (Å²) in [5.74, 6) is -1.53. The van der Waals surface area contributed by atoms with Gasteiger partial charge in [-0.15, -0.1) is 0 Å². The summed E-state index contributed by atoms with van der Waals surface area (Å²) in [5.41, 5.74) is 10.5. The van der Waals surface area contributed by atoms with Gasteiger partial charge in [0, 0.05) is 18.4 Å². The molecule has 0 radical (unpaired) electrons. The van der Waals surface area contributed by atoms with E-state index in [9.17, 15) is 14.7 Å². The van der Waals surface area contributed by atoms with Gasteiger partial charge in [-0.1, -0.05) is 55.5 Å². The average Bonchev–Trinajstić information content (AvgIpc) is 2.99. The molecule has 0 unspecified atom stereocenters. The van der Waals surface area contributed by atoms with E-state index in [1.165, 1.54) is 11.1 Å². The summed E-state index contributed by atoms with van der Waals surface area (Å²) in [4.78, 5) is 23.0. The first kappa shape index (κ1) is 21.0. The number of hydrogen-bond donors (Lipinski definition) is 3. The van der Waals surface area contributed by atoms with Crippen molar-refractivity contribution in [2.24, 2.45) is 11.7 Å². The predicted molar refractivity (Wildman–Crippen MR) is 109 cm³/mol. The molecule has 154 valence electrons. The van der Waals surface area contributed by atoms with Crippen molar-refractivity contribution in [3.05, 3.63) is 59.7 Å². The molecule has 6 nitrogen and oxygen atoms in total. The highest BCUT2D eigenvalue weighted by atomic mass is 16.5. The largest absolute Gasteiger partial charge is 0.481 e. The first-order valence-corrected chi connectivity index (χ1v) is 9.86. The summed E-state index contributed by atoms with van der Waals surface area (Å²) in [5, 5.41) is 18.5. The smallest absolute Gasteiger partial charge is 0.306 e. The van der Waals surface area contributed by atoms with Crippen LogP contribution in [0.4, 0.5) is 0 Å². The minimum absolute atomic E-state index is 0.0151. The van der Waals surface area contributed by atoms with Crippen LogP contribution < -0.4 is 5.73 Å². The van der Waals surface area contributed by atoms with Crippen LogP contribution in [0.1, 0.15) is 43.2 Å². The lowest BCUT2D eigenvalue weighted by atomic mass is 9.94. The summed E-state index contributed by atoms with van der Waals surface area (Å²) in [6.45, 7) is 2.11. The van der Waals surface area contributed by atoms with Gasteiger partial charge in [-0.3, -0.25) is 9.59 Å². The minimum atomic E-state index is -1.13. The van der Waals surface area contributed by atoms with Crippen LogP contribution in [0, 0.1) is 5.92 Å². The molecule has 0 amide bonds. The van der Waals surface area contributed by atoms with Gasteiger partial charge >= 0.3 is 11.9 Å². The van der Waals surface area contributed by atoms with Gasteiger partial charge in [0.15, 0.2) is 0 Å². The second-order valence-corrected chi connectivity index (χ2v) is 7.78. The van der Waals surface area contributed by atoms with E-state index < -0.39 is 24.5 Å². The van der Waals surface area contributed by atoms with Crippen molar-refractivity contribution in [1.82, 2.24) is 0 Å². The molecule has 2 aromatic rings. The van der Waals surface area contributed by atoms with Crippen LogP contribution in [0.5, 0.6) is 0 Å². The maximum absolute atomic E-state index is 12.3. The fraction of sp³-hybridized carbons (Fsp3) is 0.391. The molecule has 1 aliphatic carbocycles. The van der Waals surface area contributed by atoms with Gasteiger partial charge in [-0.25, -0.2) is 0 Å². The van der Waals surface area contributed by atoms with Crippen molar-refractivity contribution >= 4 is 11.9 Å². The van der Waals surface area contributed by atoms with E-state index in [0.717, 1.165) is 11.1 Å². The molecule has 3 atom stereocenters. The molecule has 6 heteroatoms. The van der Waals surface area contributed by atoms with Gasteiger partial charge in [0.2, 0.25) is 0 Å². The van der Waals surface area contributed by atoms with E-state index >= 15 is 0 Å². The molecule has 0 heterocycles. The molecular formula is C23H27NO5. The van der Waals surface area contributed by atoms with Crippen molar-refractivity contribution in [3.63, 3.8) is 0 Å². The molecular weight excluding hydrogens is 370 g/mol. The molecule has 0 bridgehead atoms. The zero-order chi connectivity index (χ0) is 21.0. The Labute approximate surface area is 170 Å². The molecule has 0 fully saturated rings. The fourth-order valence-corrected chi connectivity index (χ4v) is 3.99. The Morgan fingerprint density at radius 3 is 2.14 bits per heavy atom. The van der Waals surface area contributed by atoms with E-state index in [0.29, 0.717) is 6.42 Å². The molecule has 3 rings (SSSR count). The Kier molecular flexibility index (Phi) is 6.67. The first-order chi connectivity index (χ1) is 13.9. The predicted octanol–water partition coefficient (Wildman–Crippen LogP) is 2.92. The lowest BCUT2D eigenvalue weighted by Crippen LogP contribution is -2.37. The van der Waals surface area contributed by atoms with Gasteiger partial charge < -0.3 is 20.7 Å². The van der Waals surface area contributed by atoms with Crippen LogP contribution in [-0.4, -0.2) is 40.9 Å². The number of hydrogen-bond acceptors (Lipinski definition) is 5. The highest BCUT2D eigenvalue weighted by molar-refractivity contribution is 5.79. The maximum atomic E-state index is 12.3. The Hall–Kier alpha value is -2.70. The number of fused-ring (bicyclic) bond motifs is 3. The molecule has 2 aromatic carbocycles. The van der Waals surface area contributed by atoms with Gasteiger partial charge in [-0.05, 0) is 34.6 Å². The third-order valence-electron chi connectivity index (χ3n) is 5.44. The number of ether oxygens (including phenoxy) is 1. The van der Waals surface area contributed by atoms with E-state index in [1.54, 1.807) is 0 Å². The first-order valence-electron chi connectivity index (χ1n) is 9.86. The summed E-state index contributed by atoms with van der Waals surface area (Å²) >= 11 is 0. The van der Waals surface area contributed by atoms with E-state index in [4.69, 9.17) is 15.6 Å². The number of aliphatic carboxylic acids is 1. The number of rotatable bonds is 9. The topological polar surface area (TPSA) is 110 Å². The third kappa shape index (κ3) is 5.02. The van der Waals surface area contributed by atoms with Crippen molar-refractivity contribution < 1.29 is 24.5 Å². The monoisotopic (exact) mass is 397 g/mol. The number of carboxylic acids is 1. The number of nitrogens with two attached hydrogens (primary N) is 1. The third-order valence-corrected chi connectivity index (χ3v) is 5.44. The lowest BCUT2D eigenvalue weighted by molar-refractivity contribution is -0.145. The van der Waals surface area contributed by atoms with E-state index in [2.05, 4.69) is 24.3 Å². The lowest BCUT2D eigenvalue weighted by Gasteiger charge is -2.21. The Morgan fingerprint density at radius 1 is 1.03 bits per heavy atom. The van der Waals surface area contributed by atoms with Crippen LogP contribution >= 0.6 is 0 Å². The summed E-state index contributed by atoms with van der Waals surface area (Å²) in [6, 6.07) is 15.6. The maximum Gasteiger partial charge on any atom is 0.306 e. The number of carbonyl (C=O) groups excluding carboxylic acids is 1. The number of benzene rings is 2. The van der Waals surface area contributed by atoms with Crippen molar-refractivity contribution in [2.45, 2.75) is 44.2 Å². The van der Waals surface area contributed by atoms with Crippen LogP contribution in [0.25, 0.3) is 11.1 Å². The Balaban J connectivity index is 1.55. The molecule has 0 aromatic heterocycles. The van der Waals surface area contributed by atoms with Crippen LogP contribution in [0.2, 0.25) is 0 Å². The zero-order valence-corrected chi connectivity index (χ0v) is 16.5. The molecule has 0 aliphatic heterocycles. The van der Waals surface area contributed by atoms with Crippen molar-refractivity contribution in [1.29, 1.82) is 0 Å². The summed E-state index contributed by atoms with van der Waals surface area (Å²) in [6.07, 6.45) is -1.02. The Bertz CT molecular complexity index is 836. The van der Waals surface area contributed by atoms with Gasteiger partial charge in [0.1, 0.15) is 6.61 Å². The number of carboxylic acid groups (broad SMARTS) is 1. The molecule has 0 spiro atoms. The van der Waals surface area contributed by atoms with Gasteiger partial charge in [0.05, 0.1) is 12.5 Å². The van der Waals surface area contributed by atoms with Crippen molar-refractivity contribution in [2.75, 3.05) is 6.61 Å². The highest BCUT2D eigenvalue weighted by Crippen LogP contribution is 2.44. The molecule has 4 N–H and O–H groups in total. The normalized spacial score (nSPS) is 15.8. The second-order valence-electron chi connectivity index (χ2n) is 7.78. The average molecular weight is 397 g/mol. The zero-order valence-electron chi connectivity index (χ0n) is 16.5. The highest BCUT2D eigenvalue weighted by Gasteiger charge is 2.29. The van der Waals surface area contributed by atoms with Gasteiger partial charge in [-0.2, -0.15) is 0 Å². The summed E-state index contributed by atoms with van der Waals surface area (Å²) < 4.78 is 5.58. The second kappa shape index (κ2) is 9.20. The molecule has 29 heavy (non-hydrogen) atoms. The van der Waals surface area contributed by atoms with Crippen LogP contribution in [-0.2, 0) is 14.3 Å². The molecule has 0 saturated heterocycles. The van der Waals surface area contributed by atoms with Gasteiger partial charge in [0.25, 0.3) is 0 Å². The minimum Gasteiger partial charge on any atom is -0.481 e. The number of esters is 1. The molecule has 0 saturated carbocycles. The van der Waals surface area contributed by atoms with Crippen molar-refractivity contribution in [3.8, 4) is 11.1 Å². The van der Waals surface area contributed by atoms with E-state index in [-0.39, 0.29) is 30.8 Å². The fourth-order valence-electron chi connectivity index (χ4n) is 3.99. The number of aliphatic hydroxyl groups is 1. The summed E-state index contributed by atoms with van der Waals surface area (Å²) in [7, 11) is 0. The number of aliphatic hydroxyl groups excluding tert-OH is 1. The van der Waals surface area contributed by atoms with Crippen LogP contribution in [0.3, 0.4) is 0 Å². The number of carbonyl (C=O) groups is 2.